The molecule has 0 aliphatic heterocycles. The third kappa shape index (κ3) is 3.00. The fraction of sp³-hybridized carbons (Fsp3) is 0.368. The van der Waals surface area contributed by atoms with Crippen molar-refractivity contribution in [2.45, 2.75) is 38.0 Å². The summed E-state index contributed by atoms with van der Waals surface area (Å²) in [5.74, 6) is 0.502. The quantitative estimate of drug-likeness (QED) is 0.709. The van der Waals surface area contributed by atoms with E-state index >= 15 is 0 Å². The summed E-state index contributed by atoms with van der Waals surface area (Å²) in [5, 5.41) is 9.66. The summed E-state index contributed by atoms with van der Waals surface area (Å²) < 4.78 is 0. The lowest BCUT2D eigenvalue weighted by Crippen LogP contribution is -1.97. The Hall–Kier alpha value is -1.31. The van der Waals surface area contributed by atoms with Crippen LogP contribution in [0.4, 0.5) is 0 Å². The molecule has 0 saturated carbocycles. The molecular formula is C19H21ClO. The van der Waals surface area contributed by atoms with Gasteiger partial charge in [-0.1, -0.05) is 61.2 Å². The first-order valence-electron chi connectivity index (χ1n) is 7.81. The molecule has 0 saturated heterocycles. The fourth-order valence-electron chi connectivity index (χ4n) is 3.40. The predicted molar refractivity (Wildman–Crippen MR) is 88.9 cm³/mol. The van der Waals surface area contributed by atoms with Crippen LogP contribution in [0.3, 0.4) is 0 Å². The summed E-state index contributed by atoms with van der Waals surface area (Å²) >= 11 is 6.18. The van der Waals surface area contributed by atoms with Gasteiger partial charge in [-0.3, -0.25) is 0 Å². The lowest BCUT2D eigenvalue weighted by atomic mass is 9.91. The number of aliphatic hydroxyl groups is 1. The van der Waals surface area contributed by atoms with Gasteiger partial charge in [0.25, 0.3) is 0 Å². The van der Waals surface area contributed by atoms with Gasteiger partial charge >= 0.3 is 0 Å². The van der Waals surface area contributed by atoms with Crippen molar-refractivity contribution < 1.29 is 5.11 Å². The molecule has 1 nitrogen and oxygen atoms in total. The minimum absolute atomic E-state index is 0.313. The molecule has 0 spiro atoms. The molecule has 1 aliphatic rings. The predicted octanol–water partition coefficient (Wildman–Crippen LogP) is 5.40. The number of benzene rings is 2. The lowest BCUT2D eigenvalue weighted by molar-refractivity contribution is 0.282. The molecule has 0 aromatic heterocycles. The highest BCUT2D eigenvalue weighted by atomic mass is 35.5. The van der Waals surface area contributed by atoms with Crippen molar-refractivity contribution in [2.75, 3.05) is 6.61 Å². The van der Waals surface area contributed by atoms with Gasteiger partial charge in [0.2, 0.25) is 0 Å². The summed E-state index contributed by atoms with van der Waals surface area (Å²) in [4.78, 5) is 0. The van der Waals surface area contributed by atoms with Crippen LogP contribution in [0.25, 0.3) is 11.1 Å². The highest BCUT2D eigenvalue weighted by Gasteiger charge is 2.27. The van der Waals surface area contributed by atoms with Crippen molar-refractivity contribution >= 4 is 11.6 Å². The molecule has 3 rings (SSSR count). The van der Waals surface area contributed by atoms with Gasteiger partial charge in [0.05, 0.1) is 0 Å². The van der Waals surface area contributed by atoms with Crippen molar-refractivity contribution in [1.29, 1.82) is 0 Å². The van der Waals surface area contributed by atoms with Gasteiger partial charge < -0.3 is 5.11 Å². The minimum atomic E-state index is 0.313. The Labute approximate surface area is 131 Å². The van der Waals surface area contributed by atoms with E-state index in [0.29, 0.717) is 12.5 Å². The maximum atomic E-state index is 8.85. The van der Waals surface area contributed by atoms with E-state index in [4.69, 9.17) is 16.7 Å². The van der Waals surface area contributed by atoms with Crippen LogP contribution in [-0.4, -0.2) is 11.7 Å². The monoisotopic (exact) mass is 300 g/mol. The second kappa shape index (κ2) is 6.64. The van der Waals surface area contributed by atoms with Crippen molar-refractivity contribution in [3.63, 3.8) is 0 Å². The minimum Gasteiger partial charge on any atom is -0.396 e. The highest BCUT2D eigenvalue weighted by molar-refractivity contribution is 6.31. The molecule has 2 aromatic rings. The summed E-state index contributed by atoms with van der Waals surface area (Å²) in [5.41, 5.74) is 5.51. The third-order valence-electron chi connectivity index (χ3n) is 4.42. The van der Waals surface area contributed by atoms with Crippen LogP contribution in [-0.2, 0) is 0 Å². The molecule has 110 valence electrons. The average molecular weight is 301 g/mol. The zero-order valence-corrected chi connectivity index (χ0v) is 12.9. The zero-order valence-electron chi connectivity index (χ0n) is 12.2. The van der Waals surface area contributed by atoms with Gasteiger partial charge in [-0.05, 0) is 47.2 Å². The van der Waals surface area contributed by atoms with Crippen LogP contribution in [0.15, 0.2) is 42.5 Å². The first kappa shape index (κ1) is 14.6. The molecule has 2 aromatic carbocycles. The topological polar surface area (TPSA) is 20.2 Å². The van der Waals surface area contributed by atoms with Crippen LogP contribution >= 0.6 is 11.6 Å². The van der Waals surface area contributed by atoms with Gasteiger partial charge in [-0.15, -0.1) is 0 Å². The second-order valence-corrected chi connectivity index (χ2v) is 6.23. The number of unbranched alkanes of at least 4 members (excludes halogenated alkanes) is 3. The Bertz CT molecular complexity index is 621. The first-order valence-corrected chi connectivity index (χ1v) is 8.18. The van der Waals surface area contributed by atoms with Crippen molar-refractivity contribution in [1.82, 2.24) is 0 Å². The van der Waals surface area contributed by atoms with Crippen molar-refractivity contribution in [3.8, 4) is 11.1 Å². The zero-order chi connectivity index (χ0) is 14.7. The molecule has 0 fully saturated rings. The van der Waals surface area contributed by atoms with E-state index in [1.807, 2.05) is 6.07 Å². The molecule has 0 bridgehead atoms. The van der Waals surface area contributed by atoms with Gasteiger partial charge in [0.1, 0.15) is 0 Å². The Kier molecular flexibility index (Phi) is 4.62. The molecule has 0 amide bonds. The maximum Gasteiger partial charge on any atom is 0.0431 e. The van der Waals surface area contributed by atoms with E-state index in [1.54, 1.807) is 0 Å². The molecule has 1 aliphatic carbocycles. The summed E-state index contributed by atoms with van der Waals surface area (Å²) in [6.07, 6.45) is 5.63. The molecule has 1 N–H and O–H groups in total. The van der Waals surface area contributed by atoms with Crippen LogP contribution in [0.2, 0.25) is 5.02 Å². The molecule has 0 heterocycles. The van der Waals surface area contributed by atoms with Crippen LogP contribution in [0, 0.1) is 0 Å². The molecule has 0 radical (unpaired) electrons. The van der Waals surface area contributed by atoms with Crippen molar-refractivity contribution in [2.24, 2.45) is 0 Å². The number of halogens is 1. The molecular weight excluding hydrogens is 280 g/mol. The Morgan fingerprint density at radius 2 is 1.62 bits per heavy atom. The third-order valence-corrected chi connectivity index (χ3v) is 4.65. The molecule has 2 heteroatoms. The SMILES string of the molecule is OCCCCCC[C@H]1c2ccccc2-c2cc(Cl)ccc21. The van der Waals surface area contributed by atoms with Crippen LogP contribution in [0.5, 0.6) is 0 Å². The maximum absolute atomic E-state index is 8.85. The molecule has 1 atom stereocenters. The van der Waals surface area contributed by atoms with Gasteiger partial charge in [0, 0.05) is 17.5 Å². The molecule has 21 heavy (non-hydrogen) atoms. The van der Waals surface area contributed by atoms with Gasteiger partial charge in [-0.2, -0.15) is 0 Å². The first-order chi connectivity index (χ1) is 10.3. The number of fused-ring (bicyclic) bond motifs is 3. The second-order valence-electron chi connectivity index (χ2n) is 5.80. The van der Waals surface area contributed by atoms with Gasteiger partial charge in [0.15, 0.2) is 0 Å². The Morgan fingerprint density at radius 1 is 0.857 bits per heavy atom. The summed E-state index contributed by atoms with van der Waals surface area (Å²) in [7, 11) is 0. The largest absolute Gasteiger partial charge is 0.396 e. The number of aliphatic hydroxyl groups excluding tert-OH is 1. The van der Waals surface area contributed by atoms with E-state index in [-0.39, 0.29) is 0 Å². The van der Waals surface area contributed by atoms with E-state index in [1.165, 1.54) is 41.5 Å². The van der Waals surface area contributed by atoms with Crippen molar-refractivity contribution in [3.05, 3.63) is 58.6 Å². The van der Waals surface area contributed by atoms with E-state index < -0.39 is 0 Å². The fourth-order valence-corrected chi connectivity index (χ4v) is 3.58. The lowest BCUT2D eigenvalue weighted by Gasteiger charge is -2.13. The summed E-state index contributed by atoms with van der Waals surface area (Å²) in [6, 6.07) is 15.0. The van der Waals surface area contributed by atoms with E-state index in [9.17, 15) is 0 Å². The Balaban J connectivity index is 1.81. The number of hydrogen-bond donors (Lipinski definition) is 1. The number of hydrogen-bond acceptors (Lipinski definition) is 1. The average Bonchev–Trinajstić information content (AvgIpc) is 2.81. The van der Waals surface area contributed by atoms with E-state index in [2.05, 4.69) is 36.4 Å². The smallest absolute Gasteiger partial charge is 0.0431 e. The summed E-state index contributed by atoms with van der Waals surface area (Å²) in [6.45, 7) is 0.313. The number of rotatable bonds is 6. The van der Waals surface area contributed by atoms with E-state index in [0.717, 1.165) is 17.9 Å². The molecule has 0 unspecified atom stereocenters. The highest BCUT2D eigenvalue weighted by Crippen LogP contribution is 2.47. The normalized spacial score (nSPS) is 15.8. The standard InChI is InChI=1S/C19H21ClO/c20-14-10-11-18-16(7-3-1-2-6-12-21)15-8-4-5-9-17(15)19(18)13-14/h4-5,8-11,13,16,21H,1-3,6-7,12H2/t16-/m0/s1. The van der Waals surface area contributed by atoms with Crippen LogP contribution in [0.1, 0.15) is 49.1 Å². The van der Waals surface area contributed by atoms with Gasteiger partial charge in [-0.25, -0.2) is 0 Å². The van der Waals surface area contributed by atoms with Crippen LogP contribution < -0.4 is 0 Å². The Morgan fingerprint density at radius 3 is 2.48 bits per heavy atom.